The highest BCUT2D eigenvalue weighted by Crippen LogP contribution is 2.37. The molecule has 9 heteroatoms. The molecule has 1 atom stereocenters. The Morgan fingerprint density at radius 2 is 1.93 bits per heavy atom. The van der Waals surface area contributed by atoms with Crippen molar-refractivity contribution < 1.29 is 19.0 Å². The third kappa shape index (κ3) is 5.93. The topological polar surface area (TPSA) is 79.1 Å². The van der Waals surface area contributed by atoms with Gasteiger partial charge in [-0.3, -0.25) is 9.36 Å². The van der Waals surface area contributed by atoms with Gasteiger partial charge in [-0.25, -0.2) is 9.79 Å². The highest BCUT2D eigenvalue weighted by atomic mass is 79.9. The van der Waals surface area contributed by atoms with E-state index in [1.165, 1.54) is 16.9 Å². The Morgan fingerprint density at radius 3 is 2.55 bits per heavy atom. The van der Waals surface area contributed by atoms with Crippen molar-refractivity contribution >= 4 is 39.3 Å². The van der Waals surface area contributed by atoms with Crippen molar-refractivity contribution in [1.82, 2.24) is 4.57 Å². The molecule has 0 spiro atoms. The number of nitrogens with zero attached hydrogens (tertiary/aromatic N) is 2. The molecule has 0 N–H and O–H groups in total. The molecule has 208 valence electrons. The highest BCUT2D eigenvalue weighted by Gasteiger charge is 2.33. The minimum Gasteiger partial charge on any atom is -0.490 e. The summed E-state index contributed by atoms with van der Waals surface area (Å²) in [6.07, 6.45) is 7.14. The molecule has 7 nitrogen and oxygen atoms in total. The zero-order chi connectivity index (χ0) is 29.0. The zero-order valence-electron chi connectivity index (χ0n) is 23.1. The molecule has 4 rings (SSSR count). The second kappa shape index (κ2) is 12.7. The number of thiazole rings is 1. The Kier molecular flexibility index (Phi) is 9.33. The van der Waals surface area contributed by atoms with Crippen LogP contribution in [-0.2, 0) is 9.53 Å². The number of aromatic nitrogens is 1. The lowest BCUT2D eigenvalue weighted by atomic mass is 9.93. The fraction of sp³-hybridized carbons (Fsp3) is 0.323. The Morgan fingerprint density at radius 1 is 1.20 bits per heavy atom. The second-order valence-corrected chi connectivity index (χ2v) is 11.2. The molecule has 0 unspecified atom stereocenters. The summed E-state index contributed by atoms with van der Waals surface area (Å²) in [4.78, 5) is 32.2. The van der Waals surface area contributed by atoms with Crippen LogP contribution in [0.1, 0.15) is 63.3 Å². The minimum atomic E-state index is -0.663. The molecule has 0 aliphatic carbocycles. The molecule has 0 saturated carbocycles. The molecule has 1 aliphatic heterocycles. The van der Waals surface area contributed by atoms with Gasteiger partial charge in [0.15, 0.2) is 16.3 Å². The predicted molar refractivity (Wildman–Crippen MR) is 161 cm³/mol. The molecule has 3 aromatic rings. The molecular formula is C31H31BrN2O5S. The van der Waals surface area contributed by atoms with E-state index in [4.69, 9.17) is 20.6 Å². The maximum Gasteiger partial charge on any atom is 0.338 e. The normalized spacial score (nSPS) is 14.9. The fourth-order valence-corrected chi connectivity index (χ4v) is 6.13. The SMILES string of the molecule is C#CCOc1c(Br)cc(/C=c2\sc3n(c2=O)[C@H](c2ccc(C(C)C)cc2)C(C(=O)OCC)=C(C)N=3)cc1OCC. The van der Waals surface area contributed by atoms with Gasteiger partial charge in [-0.2, -0.15) is 0 Å². The number of esters is 1. The van der Waals surface area contributed by atoms with Crippen molar-refractivity contribution in [3.8, 4) is 23.8 Å². The average Bonchev–Trinajstić information content (AvgIpc) is 3.21. The van der Waals surface area contributed by atoms with Crippen molar-refractivity contribution in [3.63, 3.8) is 0 Å². The number of halogens is 1. The molecule has 40 heavy (non-hydrogen) atoms. The molecule has 1 aliphatic rings. The van der Waals surface area contributed by atoms with E-state index in [2.05, 4.69) is 40.7 Å². The number of hydrogen-bond acceptors (Lipinski definition) is 7. The first-order valence-electron chi connectivity index (χ1n) is 13.0. The maximum atomic E-state index is 13.9. The van der Waals surface area contributed by atoms with Gasteiger partial charge in [-0.05, 0) is 77.5 Å². The predicted octanol–water partition coefficient (Wildman–Crippen LogP) is 5.09. The Hall–Kier alpha value is -3.61. The van der Waals surface area contributed by atoms with Crippen LogP contribution >= 0.6 is 27.3 Å². The number of fused-ring (bicyclic) bond motifs is 1. The summed E-state index contributed by atoms with van der Waals surface area (Å²) in [5.41, 5.74) is 3.34. The van der Waals surface area contributed by atoms with Gasteiger partial charge in [0.1, 0.15) is 6.61 Å². The van der Waals surface area contributed by atoms with Crippen LogP contribution in [0.3, 0.4) is 0 Å². The monoisotopic (exact) mass is 622 g/mol. The Balaban J connectivity index is 1.90. The van der Waals surface area contributed by atoms with Gasteiger partial charge in [0.2, 0.25) is 0 Å². The number of carbonyl (C=O) groups is 1. The van der Waals surface area contributed by atoms with Gasteiger partial charge >= 0.3 is 5.97 Å². The molecule has 0 bridgehead atoms. The molecule has 0 fully saturated rings. The summed E-state index contributed by atoms with van der Waals surface area (Å²) in [5.74, 6) is 3.33. The highest BCUT2D eigenvalue weighted by molar-refractivity contribution is 9.10. The van der Waals surface area contributed by atoms with Crippen LogP contribution in [0.15, 0.2) is 61.9 Å². The van der Waals surface area contributed by atoms with Gasteiger partial charge in [-0.1, -0.05) is 55.4 Å². The Bertz CT molecular complexity index is 1680. The lowest BCUT2D eigenvalue weighted by molar-refractivity contribution is -0.139. The first-order chi connectivity index (χ1) is 19.2. The lowest BCUT2D eigenvalue weighted by Gasteiger charge is -2.25. The number of allylic oxidation sites excluding steroid dienone is 1. The quantitative estimate of drug-likeness (QED) is 0.245. The van der Waals surface area contributed by atoms with E-state index in [9.17, 15) is 9.59 Å². The van der Waals surface area contributed by atoms with E-state index in [0.717, 1.165) is 11.1 Å². The molecule has 0 amide bonds. The second-order valence-electron chi connectivity index (χ2n) is 9.38. The first-order valence-corrected chi connectivity index (χ1v) is 14.6. The molecule has 0 saturated heterocycles. The molecule has 2 aromatic carbocycles. The van der Waals surface area contributed by atoms with Crippen LogP contribution in [0.2, 0.25) is 0 Å². The fourth-order valence-electron chi connectivity index (χ4n) is 4.51. The van der Waals surface area contributed by atoms with Crippen LogP contribution in [0, 0.1) is 12.3 Å². The van der Waals surface area contributed by atoms with Crippen LogP contribution in [0.25, 0.3) is 6.08 Å². The smallest absolute Gasteiger partial charge is 0.338 e. The number of benzene rings is 2. The largest absolute Gasteiger partial charge is 0.490 e. The number of rotatable bonds is 9. The van der Waals surface area contributed by atoms with Crippen LogP contribution in [-0.4, -0.2) is 30.4 Å². The van der Waals surface area contributed by atoms with E-state index < -0.39 is 12.0 Å². The lowest BCUT2D eigenvalue weighted by Crippen LogP contribution is -2.39. The van der Waals surface area contributed by atoms with E-state index >= 15 is 0 Å². The van der Waals surface area contributed by atoms with Crippen molar-refractivity contribution in [1.29, 1.82) is 0 Å². The summed E-state index contributed by atoms with van der Waals surface area (Å²) in [6.45, 7) is 10.4. The summed E-state index contributed by atoms with van der Waals surface area (Å²) < 4.78 is 19.5. The summed E-state index contributed by atoms with van der Waals surface area (Å²) in [5, 5.41) is 0. The first kappa shape index (κ1) is 29.4. The Labute approximate surface area is 245 Å². The van der Waals surface area contributed by atoms with Crippen molar-refractivity contribution in [2.24, 2.45) is 4.99 Å². The molecule has 1 aromatic heterocycles. The van der Waals surface area contributed by atoms with E-state index in [1.807, 2.05) is 37.3 Å². The van der Waals surface area contributed by atoms with E-state index in [1.54, 1.807) is 30.6 Å². The maximum absolute atomic E-state index is 13.9. The summed E-state index contributed by atoms with van der Waals surface area (Å²) in [7, 11) is 0. The van der Waals surface area contributed by atoms with Crippen molar-refractivity contribution in [3.05, 3.63) is 88.5 Å². The number of hydrogen-bond donors (Lipinski definition) is 0. The van der Waals surface area contributed by atoms with Crippen molar-refractivity contribution in [2.45, 2.75) is 46.6 Å². The van der Waals surface area contributed by atoms with E-state index in [-0.39, 0.29) is 18.8 Å². The molecule has 0 radical (unpaired) electrons. The molecular weight excluding hydrogens is 592 g/mol. The summed E-state index contributed by atoms with van der Waals surface area (Å²) >= 11 is 4.80. The summed E-state index contributed by atoms with van der Waals surface area (Å²) in [6, 6.07) is 11.0. The zero-order valence-corrected chi connectivity index (χ0v) is 25.5. The third-order valence-electron chi connectivity index (χ3n) is 6.37. The van der Waals surface area contributed by atoms with Gasteiger partial charge in [0.05, 0.1) is 39.5 Å². The van der Waals surface area contributed by atoms with Gasteiger partial charge < -0.3 is 14.2 Å². The van der Waals surface area contributed by atoms with Gasteiger partial charge in [0.25, 0.3) is 5.56 Å². The van der Waals surface area contributed by atoms with Crippen molar-refractivity contribution in [2.75, 3.05) is 19.8 Å². The molecule has 2 heterocycles. The van der Waals surface area contributed by atoms with Crippen LogP contribution in [0.5, 0.6) is 11.5 Å². The average molecular weight is 624 g/mol. The number of terminal acetylenes is 1. The minimum absolute atomic E-state index is 0.0942. The number of carbonyl (C=O) groups excluding carboxylic acids is 1. The standard InChI is InChI=1S/C31H31BrN2O5S/c1-7-14-39-28-23(32)15-20(16-24(28)37-8-2)17-25-29(35)34-27(22-12-10-21(11-13-22)18(4)5)26(30(36)38-9-3)19(6)33-31(34)40-25/h1,10-13,15-18,27H,8-9,14H2,2-6H3/b25-17-/t27-/m1/s1. The van der Waals surface area contributed by atoms with Crippen LogP contribution in [0.4, 0.5) is 0 Å². The van der Waals surface area contributed by atoms with Gasteiger partial charge in [-0.15, -0.1) is 6.42 Å². The van der Waals surface area contributed by atoms with Gasteiger partial charge in [0, 0.05) is 0 Å². The third-order valence-corrected chi connectivity index (χ3v) is 7.94. The van der Waals surface area contributed by atoms with Crippen LogP contribution < -0.4 is 24.4 Å². The van der Waals surface area contributed by atoms with E-state index in [0.29, 0.717) is 49.1 Å². The number of ether oxygens (including phenoxy) is 3.